The highest BCUT2D eigenvalue weighted by Crippen LogP contribution is 2.11. The van der Waals surface area contributed by atoms with Gasteiger partial charge in [-0.1, -0.05) is 10.3 Å². The highest BCUT2D eigenvalue weighted by Gasteiger charge is 2.29. The van der Waals surface area contributed by atoms with Gasteiger partial charge in [0.05, 0.1) is 0 Å². The molecule has 1 aromatic heterocycles. The van der Waals surface area contributed by atoms with E-state index in [-0.39, 0.29) is 11.9 Å². The van der Waals surface area contributed by atoms with Gasteiger partial charge < -0.3 is 10.6 Å². The standard InChI is InChI=1S/C11H19N5O2/c1-3-13-11(17)10-6-12-4-5-16(10)7-9-8(2)14-18-15-9/h10,12H,3-7H2,1-2H3,(H,13,17). The zero-order chi connectivity index (χ0) is 13.0. The van der Waals surface area contributed by atoms with Crippen LogP contribution in [0.5, 0.6) is 0 Å². The number of amides is 1. The fraction of sp³-hybridized carbons (Fsp3) is 0.727. The molecule has 0 spiro atoms. The molecule has 1 aromatic rings. The molecule has 0 aliphatic carbocycles. The van der Waals surface area contributed by atoms with Crippen LogP contribution in [0.1, 0.15) is 18.3 Å². The zero-order valence-electron chi connectivity index (χ0n) is 10.8. The third kappa shape index (κ3) is 2.85. The van der Waals surface area contributed by atoms with Crippen molar-refractivity contribution in [3.05, 3.63) is 11.4 Å². The average Bonchev–Trinajstić information content (AvgIpc) is 2.76. The van der Waals surface area contributed by atoms with E-state index < -0.39 is 0 Å². The normalized spacial score (nSPS) is 20.9. The summed E-state index contributed by atoms with van der Waals surface area (Å²) in [6.07, 6.45) is 0. The first kappa shape index (κ1) is 13.0. The smallest absolute Gasteiger partial charge is 0.238 e. The molecular weight excluding hydrogens is 234 g/mol. The Morgan fingerprint density at radius 2 is 2.44 bits per heavy atom. The molecule has 1 aliphatic rings. The van der Waals surface area contributed by atoms with Crippen molar-refractivity contribution in [1.29, 1.82) is 0 Å². The summed E-state index contributed by atoms with van der Waals surface area (Å²) in [5.74, 6) is 0.0545. The Morgan fingerprint density at radius 3 is 3.11 bits per heavy atom. The number of piperazine rings is 1. The molecule has 0 radical (unpaired) electrons. The van der Waals surface area contributed by atoms with Gasteiger partial charge in [0.2, 0.25) is 5.91 Å². The molecule has 7 nitrogen and oxygen atoms in total. The monoisotopic (exact) mass is 253 g/mol. The highest BCUT2D eigenvalue weighted by atomic mass is 16.6. The first-order chi connectivity index (χ1) is 8.72. The van der Waals surface area contributed by atoms with Crippen LogP contribution in [0, 0.1) is 6.92 Å². The van der Waals surface area contributed by atoms with Crippen molar-refractivity contribution in [2.45, 2.75) is 26.4 Å². The van der Waals surface area contributed by atoms with E-state index in [1.54, 1.807) is 0 Å². The van der Waals surface area contributed by atoms with E-state index in [1.807, 2.05) is 13.8 Å². The van der Waals surface area contributed by atoms with Crippen LogP contribution in [0.3, 0.4) is 0 Å². The number of nitrogens with one attached hydrogen (secondary N) is 2. The molecule has 1 fully saturated rings. The predicted octanol–water partition coefficient (Wildman–Crippen LogP) is -0.712. The van der Waals surface area contributed by atoms with Gasteiger partial charge in [0.25, 0.3) is 0 Å². The lowest BCUT2D eigenvalue weighted by Gasteiger charge is -2.34. The Morgan fingerprint density at radius 1 is 1.61 bits per heavy atom. The quantitative estimate of drug-likeness (QED) is 0.737. The molecule has 1 unspecified atom stereocenters. The average molecular weight is 253 g/mol. The molecule has 1 atom stereocenters. The van der Waals surface area contributed by atoms with Crippen molar-refractivity contribution in [2.24, 2.45) is 0 Å². The molecule has 7 heteroatoms. The van der Waals surface area contributed by atoms with Crippen molar-refractivity contribution in [3.8, 4) is 0 Å². The van der Waals surface area contributed by atoms with Gasteiger partial charge in [-0.2, -0.15) is 0 Å². The number of hydrogen-bond acceptors (Lipinski definition) is 6. The number of nitrogens with zero attached hydrogens (tertiary/aromatic N) is 3. The van der Waals surface area contributed by atoms with Gasteiger partial charge in [-0.25, -0.2) is 4.63 Å². The number of likely N-dealkylation sites (N-methyl/N-ethyl adjacent to an activating group) is 1. The molecule has 1 aliphatic heterocycles. The summed E-state index contributed by atoms with van der Waals surface area (Å²) >= 11 is 0. The van der Waals surface area contributed by atoms with Crippen molar-refractivity contribution in [3.63, 3.8) is 0 Å². The number of rotatable bonds is 4. The van der Waals surface area contributed by atoms with E-state index in [9.17, 15) is 4.79 Å². The van der Waals surface area contributed by atoms with Crippen LogP contribution in [0.4, 0.5) is 0 Å². The minimum absolute atomic E-state index is 0.0545. The molecular formula is C11H19N5O2. The summed E-state index contributed by atoms with van der Waals surface area (Å²) in [4.78, 5) is 14.1. The molecule has 2 N–H and O–H groups in total. The SMILES string of the molecule is CCNC(=O)C1CNCCN1Cc1nonc1C. The van der Waals surface area contributed by atoms with Gasteiger partial charge in [-0.05, 0) is 13.8 Å². The van der Waals surface area contributed by atoms with E-state index in [2.05, 4.69) is 30.5 Å². The Kier molecular flexibility index (Phi) is 4.27. The third-order valence-electron chi connectivity index (χ3n) is 3.11. The fourth-order valence-electron chi connectivity index (χ4n) is 2.07. The lowest BCUT2D eigenvalue weighted by atomic mass is 10.1. The minimum Gasteiger partial charge on any atom is -0.355 e. The van der Waals surface area contributed by atoms with E-state index >= 15 is 0 Å². The molecule has 0 aromatic carbocycles. The summed E-state index contributed by atoms with van der Waals surface area (Å²) in [5, 5.41) is 13.7. The Labute approximate surface area is 106 Å². The van der Waals surface area contributed by atoms with Gasteiger partial charge in [-0.15, -0.1) is 0 Å². The second kappa shape index (κ2) is 5.92. The third-order valence-corrected chi connectivity index (χ3v) is 3.11. The maximum Gasteiger partial charge on any atom is 0.238 e. The summed E-state index contributed by atoms with van der Waals surface area (Å²) in [7, 11) is 0. The lowest BCUT2D eigenvalue weighted by molar-refractivity contribution is -0.127. The largest absolute Gasteiger partial charge is 0.355 e. The first-order valence-corrected chi connectivity index (χ1v) is 6.23. The molecule has 18 heavy (non-hydrogen) atoms. The zero-order valence-corrected chi connectivity index (χ0v) is 10.8. The number of carbonyl (C=O) groups is 1. The second-order valence-electron chi connectivity index (χ2n) is 4.38. The van der Waals surface area contributed by atoms with Gasteiger partial charge in [0.1, 0.15) is 17.4 Å². The van der Waals surface area contributed by atoms with Gasteiger partial charge in [0.15, 0.2) is 0 Å². The Balaban J connectivity index is 2.04. The number of aryl methyl sites for hydroxylation is 1. The molecule has 1 amide bonds. The Hall–Kier alpha value is -1.47. The molecule has 1 saturated heterocycles. The number of aromatic nitrogens is 2. The highest BCUT2D eigenvalue weighted by molar-refractivity contribution is 5.82. The molecule has 100 valence electrons. The van der Waals surface area contributed by atoms with Crippen LogP contribution in [0.25, 0.3) is 0 Å². The van der Waals surface area contributed by atoms with Crippen molar-refractivity contribution < 1.29 is 9.42 Å². The van der Waals surface area contributed by atoms with Crippen molar-refractivity contribution >= 4 is 5.91 Å². The summed E-state index contributed by atoms with van der Waals surface area (Å²) in [5.41, 5.74) is 1.58. The summed E-state index contributed by atoms with van der Waals surface area (Å²) in [6, 6.07) is -0.158. The molecule has 0 bridgehead atoms. The van der Waals surface area contributed by atoms with E-state index in [0.717, 1.165) is 24.5 Å². The predicted molar refractivity (Wildman–Crippen MR) is 64.8 cm³/mol. The van der Waals surface area contributed by atoms with Crippen LogP contribution in [-0.4, -0.2) is 53.3 Å². The van der Waals surface area contributed by atoms with E-state index in [0.29, 0.717) is 19.6 Å². The van der Waals surface area contributed by atoms with Crippen molar-refractivity contribution in [2.75, 3.05) is 26.2 Å². The Bertz CT molecular complexity index is 406. The van der Waals surface area contributed by atoms with Gasteiger partial charge in [0, 0.05) is 32.7 Å². The van der Waals surface area contributed by atoms with E-state index in [1.165, 1.54) is 0 Å². The first-order valence-electron chi connectivity index (χ1n) is 6.23. The van der Waals surface area contributed by atoms with Gasteiger partial charge >= 0.3 is 0 Å². The summed E-state index contributed by atoms with van der Waals surface area (Å²) in [6.45, 7) is 7.37. The minimum atomic E-state index is -0.158. The molecule has 0 saturated carbocycles. The topological polar surface area (TPSA) is 83.3 Å². The van der Waals surface area contributed by atoms with Crippen LogP contribution in [0.15, 0.2) is 4.63 Å². The van der Waals surface area contributed by atoms with E-state index in [4.69, 9.17) is 0 Å². The van der Waals surface area contributed by atoms with Crippen LogP contribution >= 0.6 is 0 Å². The lowest BCUT2D eigenvalue weighted by Crippen LogP contribution is -2.57. The second-order valence-corrected chi connectivity index (χ2v) is 4.38. The maximum absolute atomic E-state index is 12.0. The molecule has 2 rings (SSSR count). The maximum atomic E-state index is 12.0. The fourth-order valence-corrected chi connectivity index (χ4v) is 2.07. The molecule has 2 heterocycles. The van der Waals surface area contributed by atoms with Crippen LogP contribution in [0.2, 0.25) is 0 Å². The number of hydrogen-bond donors (Lipinski definition) is 2. The number of carbonyl (C=O) groups excluding carboxylic acids is 1. The van der Waals surface area contributed by atoms with Gasteiger partial charge in [-0.3, -0.25) is 9.69 Å². The summed E-state index contributed by atoms with van der Waals surface area (Å²) < 4.78 is 4.69. The van der Waals surface area contributed by atoms with Crippen LogP contribution < -0.4 is 10.6 Å². The van der Waals surface area contributed by atoms with Crippen molar-refractivity contribution in [1.82, 2.24) is 25.8 Å². The van der Waals surface area contributed by atoms with Crippen LogP contribution in [-0.2, 0) is 11.3 Å².